The predicted octanol–water partition coefficient (Wildman–Crippen LogP) is 0.112. The van der Waals surface area contributed by atoms with Crippen LogP contribution in [-0.4, -0.2) is 44.2 Å². The Morgan fingerprint density at radius 1 is 1.57 bits per heavy atom. The van der Waals surface area contributed by atoms with E-state index in [1.807, 2.05) is 0 Å². The molecule has 1 rings (SSSR count). The number of hydrogen-bond donors (Lipinski definition) is 2. The summed E-state index contributed by atoms with van der Waals surface area (Å²) in [5.41, 5.74) is -0.996. The predicted molar refractivity (Wildman–Crippen MR) is 66.7 cm³/mol. The fraction of sp³-hybridized carbons (Fsp3) is 0.300. The summed E-state index contributed by atoms with van der Waals surface area (Å²) in [5.74, 6) is -2.52. The zero-order valence-corrected chi connectivity index (χ0v) is 11.5. The van der Waals surface area contributed by atoms with Gasteiger partial charge in [0.15, 0.2) is 4.90 Å². The number of nitro benzene ring substituents is 1. The highest BCUT2D eigenvalue weighted by molar-refractivity contribution is 7.89. The average Bonchev–Trinajstić information content (AvgIpc) is 2.37. The lowest BCUT2D eigenvalue weighted by molar-refractivity contribution is -0.388. The summed E-state index contributed by atoms with van der Waals surface area (Å²) in [6.07, 6.45) is 0. The highest BCUT2D eigenvalue weighted by Crippen LogP contribution is 2.24. The Hall–Kier alpha value is -2.11. The molecule has 0 heterocycles. The van der Waals surface area contributed by atoms with Crippen molar-refractivity contribution in [1.82, 2.24) is 4.72 Å². The Morgan fingerprint density at radius 2 is 2.19 bits per heavy atom. The second-order valence-electron chi connectivity index (χ2n) is 3.84. The number of rotatable bonds is 7. The topological polar surface area (TPSA) is 136 Å². The number of nitrogens with one attached hydrogen (secondary N) is 1. The lowest BCUT2D eigenvalue weighted by atomic mass is 10.3. The van der Waals surface area contributed by atoms with E-state index in [1.165, 1.54) is 0 Å². The number of carboxylic acid groups (broad SMARTS) is 1. The number of benzene rings is 1. The molecule has 0 aromatic heterocycles. The Bertz CT molecular complexity index is 661. The minimum absolute atomic E-state index is 0.431. The first-order valence-electron chi connectivity index (χ1n) is 5.37. The summed E-state index contributed by atoms with van der Waals surface area (Å²) in [6.45, 7) is -0.483. The lowest BCUT2D eigenvalue weighted by Gasteiger charge is -2.13. The maximum Gasteiger partial charge on any atom is 0.324 e. The highest BCUT2D eigenvalue weighted by atomic mass is 32.2. The maximum atomic E-state index is 13.0. The minimum Gasteiger partial charge on any atom is -0.480 e. The van der Waals surface area contributed by atoms with E-state index in [1.54, 1.807) is 4.72 Å². The molecule has 2 N–H and O–H groups in total. The van der Waals surface area contributed by atoms with Gasteiger partial charge < -0.3 is 9.84 Å². The monoisotopic (exact) mass is 322 g/mol. The third kappa shape index (κ3) is 4.18. The fourth-order valence-corrected chi connectivity index (χ4v) is 2.76. The van der Waals surface area contributed by atoms with Crippen LogP contribution < -0.4 is 4.72 Å². The first-order valence-corrected chi connectivity index (χ1v) is 6.85. The molecule has 0 saturated heterocycles. The third-order valence-electron chi connectivity index (χ3n) is 2.34. The molecule has 0 aliphatic heterocycles. The number of ether oxygens (including phenoxy) is 1. The summed E-state index contributed by atoms with van der Waals surface area (Å²) in [4.78, 5) is 19.7. The van der Waals surface area contributed by atoms with Crippen molar-refractivity contribution < 1.29 is 32.4 Å². The van der Waals surface area contributed by atoms with Crippen LogP contribution in [0, 0.1) is 15.9 Å². The second-order valence-corrected chi connectivity index (χ2v) is 5.52. The summed E-state index contributed by atoms with van der Waals surface area (Å²) in [5, 5.41) is 19.6. The molecule has 11 heteroatoms. The van der Waals surface area contributed by atoms with Gasteiger partial charge in [0.25, 0.3) is 5.69 Å². The van der Waals surface area contributed by atoms with Crippen molar-refractivity contribution in [2.45, 2.75) is 10.9 Å². The fourth-order valence-electron chi connectivity index (χ4n) is 1.43. The highest BCUT2D eigenvalue weighted by Gasteiger charge is 2.31. The van der Waals surface area contributed by atoms with Crippen LogP contribution in [0.5, 0.6) is 0 Å². The van der Waals surface area contributed by atoms with Crippen LogP contribution in [0.15, 0.2) is 23.1 Å². The smallest absolute Gasteiger partial charge is 0.324 e. The zero-order chi connectivity index (χ0) is 16.2. The molecule has 21 heavy (non-hydrogen) atoms. The molecule has 0 spiro atoms. The van der Waals surface area contributed by atoms with Crippen molar-refractivity contribution in [1.29, 1.82) is 0 Å². The molecule has 0 fully saturated rings. The number of carbonyl (C=O) groups is 1. The number of hydrogen-bond acceptors (Lipinski definition) is 6. The van der Waals surface area contributed by atoms with E-state index >= 15 is 0 Å². The standard InChI is InChI=1S/C10H11FN2O7S/c1-20-5-7(10(14)15)12-21(18,19)9-3-2-6(11)4-8(9)13(16)17/h2-4,7,12H,5H2,1H3,(H,14,15). The first kappa shape index (κ1) is 16.9. The van der Waals surface area contributed by atoms with E-state index in [-0.39, 0.29) is 0 Å². The number of aliphatic carboxylic acids is 1. The number of carboxylic acids is 1. The second kappa shape index (κ2) is 6.56. The molecular formula is C10H11FN2O7S. The van der Waals surface area contributed by atoms with E-state index in [2.05, 4.69) is 4.74 Å². The molecule has 116 valence electrons. The first-order chi connectivity index (χ1) is 9.69. The van der Waals surface area contributed by atoms with Gasteiger partial charge in [-0.2, -0.15) is 4.72 Å². The van der Waals surface area contributed by atoms with Crippen molar-refractivity contribution >= 4 is 21.7 Å². The van der Waals surface area contributed by atoms with Crippen LogP contribution in [0.3, 0.4) is 0 Å². The number of nitrogens with zero attached hydrogens (tertiary/aromatic N) is 1. The van der Waals surface area contributed by atoms with Gasteiger partial charge in [0.1, 0.15) is 11.9 Å². The Kier molecular flexibility index (Phi) is 5.29. The van der Waals surface area contributed by atoms with Gasteiger partial charge in [0.2, 0.25) is 10.0 Å². The van der Waals surface area contributed by atoms with Gasteiger partial charge in [-0.3, -0.25) is 14.9 Å². The Morgan fingerprint density at radius 3 is 2.67 bits per heavy atom. The molecular weight excluding hydrogens is 311 g/mol. The van der Waals surface area contributed by atoms with Crippen LogP contribution in [-0.2, 0) is 19.6 Å². The van der Waals surface area contributed by atoms with Crippen LogP contribution in [0.1, 0.15) is 0 Å². The lowest BCUT2D eigenvalue weighted by Crippen LogP contribution is -2.43. The van der Waals surface area contributed by atoms with Gasteiger partial charge in [-0.05, 0) is 12.1 Å². The summed E-state index contributed by atoms with van der Waals surface area (Å²) in [7, 11) is -3.38. The SMILES string of the molecule is COCC(NS(=O)(=O)c1ccc(F)cc1[N+](=O)[O-])C(=O)O. The zero-order valence-electron chi connectivity index (χ0n) is 10.6. The van der Waals surface area contributed by atoms with Crippen LogP contribution in [0.2, 0.25) is 0 Å². The molecule has 0 saturated carbocycles. The normalized spacial score (nSPS) is 12.9. The minimum atomic E-state index is -4.54. The molecule has 0 amide bonds. The summed E-state index contributed by atoms with van der Waals surface area (Å²) < 4.78 is 43.3. The molecule has 1 aromatic rings. The van der Waals surface area contributed by atoms with Crippen molar-refractivity contribution in [3.8, 4) is 0 Å². The van der Waals surface area contributed by atoms with E-state index in [9.17, 15) is 27.7 Å². The molecule has 0 aliphatic rings. The van der Waals surface area contributed by atoms with Gasteiger partial charge in [-0.15, -0.1) is 0 Å². The molecule has 0 aliphatic carbocycles. The van der Waals surface area contributed by atoms with Crippen LogP contribution >= 0.6 is 0 Å². The summed E-state index contributed by atoms with van der Waals surface area (Å²) in [6, 6.07) is 0.195. The third-order valence-corrected chi connectivity index (χ3v) is 3.86. The van der Waals surface area contributed by atoms with Crippen molar-refractivity contribution in [3.63, 3.8) is 0 Å². The van der Waals surface area contributed by atoms with E-state index in [4.69, 9.17) is 5.11 Å². The van der Waals surface area contributed by atoms with E-state index in [0.29, 0.717) is 18.2 Å². The quantitative estimate of drug-likeness (QED) is 0.537. The van der Waals surface area contributed by atoms with Gasteiger partial charge >= 0.3 is 5.97 Å². The Balaban J connectivity index is 3.25. The van der Waals surface area contributed by atoms with Gasteiger partial charge in [0.05, 0.1) is 17.6 Å². The largest absolute Gasteiger partial charge is 0.480 e. The number of nitro groups is 1. The van der Waals surface area contributed by atoms with Crippen LogP contribution in [0.25, 0.3) is 0 Å². The molecule has 1 unspecified atom stereocenters. The number of halogens is 1. The van der Waals surface area contributed by atoms with Crippen molar-refractivity contribution in [2.75, 3.05) is 13.7 Å². The van der Waals surface area contributed by atoms with Crippen molar-refractivity contribution in [3.05, 3.63) is 34.1 Å². The van der Waals surface area contributed by atoms with Crippen LogP contribution in [0.4, 0.5) is 10.1 Å². The van der Waals surface area contributed by atoms with E-state index < -0.39 is 50.0 Å². The number of methoxy groups -OCH3 is 1. The molecule has 9 nitrogen and oxygen atoms in total. The average molecular weight is 322 g/mol. The van der Waals surface area contributed by atoms with Crippen molar-refractivity contribution in [2.24, 2.45) is 0 Å². The molecule has 0 radical (unpaired) electrons. The summed E-state index contributed by atoms with van der Waals surface area (Å²) >= 11 is 0. The number of sulfonamides is 1. The van der Waals surface area contributed by atoms with Gasteiger partial charge in [-0.25, -0.2) is 12.8 Å². The Labute approximate surface area is 118 Å². The molecule has 0 bridgehead atoms. The maximum absolute atomic E-state index is 13.0. The molecule has 1 atom stereocenters. The van der Waals surface area contributed by atoms with E-state index in [0.717, 1.165) is 7.11 Å². The molecule has 1 aromatic carbocycles. The van der Waals surface area contributed by atoms with Gasteiger partial charge in [-0.1, -0.05) is 0 Å². The van der Waals surface area contributed by atoms with Gasteiger partial charge in [0, 0.05) is 7.11 Å².